The number of piperidine rings is 1. The van der Waals surface area contributed by atoms with Crippen LogP contribution in [0.5, 0.6) is 0 Å². The lowest BCUT2D eigenvalue weighted by molar-refractivity contribution is 0.0407. The summed E-state index contributed by atoms with van der Waals surface area (Å²) >= 11 is 0. The molecule has 24 heavy (non-hydrogen) atoms. The smallest absolute Gasteiger partial charge is 0.0868 e. The van der Waals surface area contributed by atoms with Gasteiger partial charge in [-0.15, -0.1) is 0 Å². The first kappa shape index (κ1) is 17.0. The molecule has 2 aromatic carbocycles. The molecular formula is C21H28N2O. The maximum Gasteiger partial charge on any atom is 0.0868 e. The fourth-order valence-electron chi connectivity index (χ4n) is 3.59. The summed E-state index contributed by atoms with van der Waals surface area (Å²) in [4.78, 5) is 2.38. The summed E-state index contributed by atoms with van der Waals surface area (Å²) in [5.41, 5.74) is 4.95. The molecule has 1 aliphatic rings. The minimum Gasteiger partial charge on any atom is -0.390 e. The molecule has 3 rings (SSSR count). The van der Waals surface area contributed by atoms with Crippen LogP contribution in [0.4, 0.5) is 5.69 Å². The van der Waals surface area contributed by atoms with Gasteiger partial charge in [-0.05, 0) is 44.4 Å². The molecule has 0 spiro atoms. The van der Waals surface area contributed by atoms with Gasteiger partial charge in [0.2, 0.25) is 0 Å². The highest BCUT2D eigenvalue weighted by molar-refractivity contribution is 5.52. The van der Waals surface area contributed by atoms with Crippen LogP contribution in [0.2, 0.25) is 0 Å². The first-order chi connectivity index (χ1) is 11.5. The highest BCUT2D eigenvalue weighted by Crippen LogP contribution is 2.26. The number of likely N-dealkylation sites (tertiary alicyclic amines) is 1. The first-order valence-corrected chi connectivity index (χ1v) is 8.85. The lowest BCUT2D eigenvalue weighted by Crippen LogP contribution is -2.50. The second kappa shape index (κ2) is 7.37. The predicted octanol–water partition coefficient (Wildman–Crippen LogP) is 3.91. The molecule has 1 aliphatic heterocycles. The van der Waals surface area contributed by atoms with E-state index in [0.717, 1.165) is 18.7 Å². The van der Waals surface area contributed by atoms with Crippen LogP contribution < -0.4 is 5.32 Å². The van der Waals surface area contributed by atoms with E-state index in [9.17, 15) is 5.11 Å². The maximum absolute atomic E-state index is 10.6. The SMILES string of the molecule is Cc1ccc(N[C@H]2CCN(C(C)c3ccccc3)C[C@@H]2O)c(C)c1. The predicted molar refractivity (Wildman–Crippen MR) is 100 cm³/mol. The van der Waals surface area contributed by atoms with Crippen LogP contribution in [-0.4, -0.2) is 35.2 Å². The zero-order valence-electron chi connectivity index (χ0n) is 14.9. The van der Waals surface area contributed by atoms with Crippen LogP contribution in [0.3, 0.4) is 0 Å². The quantitative estimate of drug-likeness (QED) is 0.895. The lowest BCUT2D eigenvalue weighted by Gasteiger charge is -2.40. The average Bonchev–Trinajstić information content (AvgIpc) is 2.59. The molecule has 128 valence electrons. The van der Waals surface area contributed by atoms with E-state index in [1.165, 1.54) is 16.7 Å². The standard InChI is InChI=1S/C21H28N2O/c1-15-9-10-19(16(2)13-15)22-20-11-12-23(14-21(20)24)17(3)18-7-5-4-6-8-18/h4-10,13,17,20-22,24H,11-12,14H2,1-3H3/t17?,20-,21-/m0/s1. The Morgan fingerprint density at radius 3 is 2.54 bits per heavy atom. The van der Waals surface area contributed by atoms with Crippen LogP contribution in [-0.2, 0) is 0 Å². The summed E-state index contributed by atoms with van der Waals surface area (Å²) < 4.78 is 0. The molecule has 1 fully saturated rings. The number of nitrogens with one attached hydrogen (secondary N) is 1. The van der Waals surface area contributed by atoms with Gasteiger partial charge in [0, 0.05) is 24.8 Å². The molecule has 2 aromatic rings. The Kier molecular flexibility index (Phi) is 5.22. The summed E-state index contributed by atoms with van der Waals surface area (Å²) in [6, 6.07) is 17.4. The van der Waals surface area contributed by atoms with E-state index in [1.54, 1.807) is 0 Å². The van der Waals surface area contributed by atoms with E-state index in [-0.39, 0.29) is 12.1 Å². The molecule has 1 saturated heterocycles. The van der Waals surface area contributed by atoms with Gasteiger partial charge < -0.3 is 10.4 Å². The third kappa shape index (κ3) is 3.80. The van der Waals surface area contributed by atoms with Crippen molar-refractivity contribution >= 4 is 5.69 Å². The third-order valence-electron chi connectivity index (χ3n) is 5.17. The molecule has 0 bridgehead atoms. The van der Waals surface area contributed by atoms with Crippen molar-refractivity contribution in [3.63, 3.8) is 0 Å². The Labute approximate surface area is 145 Å². The molecule has 0 saturated carbocycles. The number of β-amino-alcohol motifs (C(OH)–C–C–N with tert-alkyl or cyclic N) is 1. The van der Waals surface area contributed by atoms with E-state index >= 15 is 0 Å². The van der Waals surface area contributed by atoms with Gasteiger partial charge in [-0.25, -0.2) is 0 Å². The number of aliphatic hydroxyl groups excluding tert-OH is 1. The first-order valence-electron chi connectivity index (χ1n) is 8.85. The fourth-order valence-corrected chi connectivity index (χ4v) is 3.59. The Hall–Kier alpha value is -1.84. The summed E-state index contributed by atoms with van der Waals surface area (Å²) in [7, 11) is 0. The average molecular weight is 324 g/mol. The van der Waals surface area contributed by atoms with E-state index in [0.29, 0.717) is 12.6 Å². The Balaban J connectivity index is 1.63. The van der Waals surface area contributed by atoms with E-state index in [4.69, 9.17) is 0 Å². The number of benzene rings is 2. The summed E-state index contributed by atoms with van der Waals surface area (Å²) in [6.07, 6.45) is 0.594. The Bertz CT molecular complexity index is 671. The molecule has 0 aliphatic carbocycles. The lowest BCUT2D eigenvalue weighted by atomic mass is 9.97. The highest BCUT2D eigenvalue weighted by Gasteiger charge is 2.30. The molecule has 0 aromatic heterocycles. The molecule has 0 amide bonds. The molecule has 3 nitrogen and oxygen atoms in total. The number of rotatable bonds is 4. The monoisotopic (exact) mass is 324 g/mol. The van der Waals surface area contributed by atoms with Gasteiger partial charge >= 0.3 is 0 Å². The van der Waals surface area contributed by atoms with Crippen LogP contribution in [0.15, 0.2) is 48.5 Å². The van der Waals surface area contributed by atoms with E-state index in [2.05, 4.69) is 73.5 Å². The highest BCUT2D eigenvalue weighted by atomic mass is 16.3. The van der Waals surface area contributed by atoms with Crippen LogP contribution >= 0.6 is 0 Å². The van der Waals surface area contributed by atoms with E-state index < -0.39 is 0 Å². The molecule has 0 radical (unpaired) electrons. The summed E-state index contributed by atoms with van der Waals surface area (Å²) in [6.45, 7) is 8.15. The van der Waals surface area contributed by atoms with Crippen molar-refractivity contribution in [3.8, 4) is 0 Å². The zero-order chi connectivity index (χ0) is 17.1. The topological polar surface area (TPSA) is 35.5 Å². The van der Waals surface area contributed by atoms with Crippen molar-refractivity contribution in [2.24, 2.45) is 0 Å². The summed E-state index contributed by atoms with van der Waals surface area (Å²) in [5, 5.41) is 14.2. The van der Waals surface area contributed by atoms with Gasteiger partial charge in [-0.1, -0.05) is 48.0 Å². The van der Waals surface area contributed by atoms with Gasteiger partial charge in [0.15, 0.2) is 0 Å². The third-order valence-corrected chi connectivity index (χ3v) is 5.17. The zero-order valence-corrected chi connectivity index (χ0v) is 14.9. The van der Waals surface area contributed by atoms with Gasteiger partial charge in [0.25, 0.3) is 0 Å². The van der Waals surface area contributed by atoms with Crippen LogP contribution in [0.25, 0.3) is 0 Å². The van der Waals surface area contributed by atoms with E-state index in [1.807, 2.05) is 6.07 Å². The number of aryl methyl sites for hydroxylation is 2. The fraction of sp³-hybridized carbons (Fsp3) is 0.429. The van der Waals surface area contributed by atoms with Crippen LogP contribution in [0, 0.1) is 13.8 Å². The Morgan fingerprint density at radius 1 is 1.12 bits per heavy atom. The van der Waals surface area contributed by atoms with Gasteiger partial charge in [0.1, 0.15) is 0 Å². The maximum atomic E-state index is 10.6. The van der Waals surface area contributed by atoms with Crippen molar-refractivity contribution in [3.05, 3.63) is 65.2 Å². The number of nitrogens with zero attached hydrogens (tertiary/aromatic N) is 1. The molecule has 1 heterocycles. The second-order valence-corrected chi connectivity index (χ2v) is 7.01. The molecule has 3 heteroatoms. The van der Waals surface area contributed by atoms with Gasteiger partial charge in [-0.2, -0.15) is 0 Å². The van der Waals surface area contributed by atoms with Crippen molar-refractivity contribution < 1.29 is 5.11 Å². The largest absolute Gasteiger partial charge is 0.390 e. The number of hydrogen-bond donors (Lipinski definition) is 2. The molecule has 1 unspecified atom stereocenters. The van der Waals surface area contributed by atoms with Gasteiger partial charge in [-0.3, -0.25) is 4.90 Å². The number of anilines is 1. The molecule has 3 atom stereocenters. The van der Waals surface area contributed by atoms with Crippen LogP contribution in [0.1, 0.15) is 36.1 Å². The van der Waals surface area contributed by atoms with Crippen molar-refractivity contribution in [1.29, 1.82) is 0 Å². The summed E-state index contributed by atoms with van der Waals surface area (Å²) in [5.74, 6) is 0. The minimum absolute atomic E-state index is 0.116. The molecular weight excluding hydrogens is 296 g/mol. The normalized spacial score (nSPS) is 23.0. The number of aliphatic hydroxyl groups is 1. The van der Waals surface area contributed by atoms with Crippen molar-refractivity contribution in [1.82, 2.24) is 4.90 Å². The minimum atomic E-state index is -0.356. The second-order valence-electron chi connectivity index (χ2n) is 7.01. The molecule has 2 N–H and O–H groups in total. The Morgan fingerprint density at radius 2 is 1.88 bits per heavy atom. The van der Waals surface area contributed by atoms with Crippen molar-refractivity contribution in [2.75, 3.05) is 18.4 Å². The number of hydrogen-bond acceptors (Lipinski definition) is 3. The van der Waals surface area contributed by atoms with Gasteiger partial charge in [0.05, 0.1) is 12.1 Å². The van der Waals surface area contributed by atoms with Crippen molar-refractivity contribution in [2.45, 2.75) is 45.4 Å².